The zero-order valence-corrected chi connectivity index (χ0v) is 15.3. The molecule has 0 fully saturated rings. The molecule has 0 unspecified atom stereocenters. The van der Waals surface area contributed by atoms with Crippen molar-refractivity contribution in [1.29, 1.82) is 0 Å². The van der Waals surface area contributed by atoms with Crippen LogP contribution < -0.4 is 4.74 Å². The molecule has 0 spiro atoms. The Kier molecular flexibility index (Phi) is 7.21. The van der Waals surface area contributed by atoms with Gasteiger partial charge >= 0.3 is 0 Å². The predicted molar refractivity (Wildman–Crippen MR) is 95.2 cm³/mol. The lowest BCUT2D eigenvalue weighted by atomic mass is 10.2. The lowest BCUT2D eigenvalue weighted by Crippen LogP contribution is -2.33. The molecule has 24 heavy (non-hydrogen) atoms. The van der Waals surface area contributed by atoms with E-state index < -0.39 is 0 Å². The maximum atomic E-state index is 12.0. The number of aryl methyl sites for hydroxylation is 1. The first-order valence-electron chi connectivity index (χ1n) is 8.01. The van der Waals surface area contributed by atoms with Crippen molar-refractivity contribution in [3.63, 3.8) is 0 Å². The van der Waals surface area contributed by atoms with Crippen LogP contribution in [0.15, 0.2) is 29.6 Å². The second-order valence-electron chi connectivity index (χ2n) is 5.50. The minimum Gasteiger partial charge on any atom is -0.486 e. The Hall–Kier alpha value is -1.92. The van der Waals surface area contributed by atoms with E-state index in [1.807, 2.05) is 43.5 Å². The van der Waals surface area contributed by atoms with Gasteiger partial charge in [-0.05, 0) is 24.6 Å². The Labute approximate surface area is 147 Å². The molecule has 1 aromatic carbocycles. The molecule has 1 heterocycles. The topological polar surface area (TPSA) is 51.7 Å². The Bertz CT molecular complexity index is 657. The summed E-state index contributed by atoms with van der Waals surface area (Å²) in [6, 6.07) is 7.95. The third-order valence-corrected chi connectivity index (χ3v) is 4.40. The van der Waals surface area contributed by atoms with Crippen LogP contribution in [0.4, 0.5) is 0 Å². The molecule has 0 atom stereocenters. The zero-order valence-electron chi connectivity index (χ0n) is 14.4. The predicted octanol–water partition coefficient (Wildman–Crippen LogP) is 3.42. The van der Waals surface area contributed by atoms with Gasteiger partial charge in [0.15, 0.2) is 0 Å². The third-order valence-electron chi connectivity index (χ3n) is 3.52. The van der Waals surface area contributed by atoms with Crippen LogP contribution in [-0.2, 0) is 22.7 Å². The Morgan fingerprint density at radius 3 is 2.92 bits per heavy atom. The monoisotopic (exact) mass is 348 g/mol. The first-order chi connectivity index (χ1) is 11.6. The first kappa shape index (κ1) is 18.4. The van der Waals surface area contributed by atoms with Crippen LogP contribution in [0.1, 0.15) is 29.6 Å². The summed E-state index contributed by atoms with van der Waals surface area (Å²) in [5.74, 6) is 0.951. The number of rotatable bonds is 9. The lowest BCUT2D eigenvalue weighted by Gasteiger charge is -2.20. The minimum absolute atomic E-state index is 0.109. The number of amides is 1. The average Bonchev–Trinajstić information content (AvgIpc) is 3.03. The molecule has 2 rings (SSSR count). The molecule has 0 saturated carbocycles. The fraction of sp³-hybridized carbons (Fsp3) is 0.444. The van der Waals surface area contributed by atoms with E-state index in [1.165, 1.54) is 5.56 Å². The van der Waals surface area contributed by atoms with E-state index in [0.29, 0.717) is 32.7 Å². The van der Waals surface area contributed by atoms with Crippen molar-refractivity contribution in [3.05, 3.63) is 45.9 Å². The number of nitrogens with zero attached hydrogens (tertiary/aromatic N) is 2. The van der Waals surface area contributed by atoms with E-state index >= 15 is 0 Å². The highest BCUT2D eigenvalue weighted by molar-refractivity contribution is 7.09. The van der Waals surface area contributed by atoms with Crippen molar-refractivity contribution in [2.75, 3.05) is 20.3 Å². The quantitative estimate of drug-likeness (QED) is 0.697. The van der Waals surface area contributed by atoms with Crippen LogP contribution in [0.2, 0.25) is 0 Å². The van der Waals surface area contributed by atoms with Crippen molar-refractivity contribution in [2.45, 2.75) is 33.4 Å². The maximum absolute atomic E-state index is 12.0. The van der Waals surface area contributed by atoms with Gasteiger partial charge in [0.1, 0.15) is 17.4 Å². The second-order valence-corrected chi connectivity index (χ2v) is 6.44. The summed E-state index contributed by atoms with van der Waals surface area (Å²) < 4.78 is 10.8. The van der Waals surface area contributed by atoms with Crippen molar-refractivity contribution < 1.29 is 14.3 Å². The fourth-order valence-corrected chi connectivity index (χ4v) is 2.95. The number of methoxy groups -OCH3 is 1. The summed E-state index contributed by atoms with van der Waals surface area (Å²) in [5, 5.41) is 2.89. The van der Waals surface area contributed by atoms with Gasteiger partial charge < -0.3 is 14.4 Å². The molecule has 1 amide bonds. The number of aromatic nitrogens is 1. The lowest BCUT2D eigenvalue weighted by molar-refractivity contribution is -0.132. The van der Waals surface area contributed by atoms with Crippen LogP contribution in [0.3, 0.4) is 0 Å². The number of ether oxygens (including phenoxy) is 2. The largest absolute Gasteiger partial charge is 0.486 e. The van der Waals surface area contributed by atoms with Gasteiger partial charge in [0.2, 0.25) is 5.91 Å². The van der Waals surface area contributed by atoms with Crippen LogP contribution in [-0.4, -0.2) is 36.1 Å². The summed E-state index contributed by atoms with van der Waals surface area (Å²) in [4.78, 5) is 18.3. The minimum atomic E-state index is 0.109. The van der Waals surface area contributed by atoms with Gasteiger partial charge in [-0.3, -0.25) is 4.79 Å². The molecular formula is C18H24N2O3S. The fourth-order valence-electron chi connectivity index (χ4n) is 2.25. The van der Waals surface area contributed by atoms with Gasteiger partial charge in [-0.2, -0.15) is 0 Å². The summed E-state index contributed by atoms with van der Waals surface area (Å²) >= 11 is 1.55. The number of benzene rings is 1. The van der Waals surface area contributed by atoms with E-state index in [4.69, 9.17) is 9.47 Å². The molecule has 0 radical (unpaired) electrons. The Morgan fingerprint density at radius 1 is 1.38 bits per heavy atom. The Morgan fingerprint density at radius 2 is 2.21 bits per heavy atom. The second kappa shape index (κ2) is 9.39. The average molecular weight is 348 g/mol. The van der Waals surface area contributed by atoms with Gasteiger partial charge in [-0.1, -0.05) is 19.1 Å². The standard InChI is InChI=1S/C18H24N2O3S/c1-4-18(21)20(8-9-22-3)11-15-13-24-17(19-15)12-23-16-7-5-6-14(2)10-16/h5-7,10,13H,4,8-9,11-12H2,1-3H3. The van der Waals surface area contributed by atoms with E-state index in [2.05, 4.69) is 4.98 Å². The molecular weight excluding hydrogens is 324 g/mol. The molecule has 0 saturated heterocycles. The first-order valence-corrected chi connectivity index (χ1v) is 8.89. The van der Waals surface area contributed by atoms with Gasteiger partial charge in [0.25, 0.3) is 0 Å². The summed E-state index contributed by atoms with van der Waals surface area (Å²) in [5.41, 5.74) is 2.06. The normalized spacial score (nSPS) is 10.6. The van der Waals surface area contributed by atoms with E-state index in [-0.39, 0.29) is 5.91 Å². The number of carbonyl (C=O) groups is 1. The number of hydrogen-bond donors (Lipinski definition) is 0. The van der Waals surface area contributed by atoms with E-state index in [9.17, 15) is 4.79 Å². The molecule has 6 heteroatoms. The molecule has 5 nitrogen and oxygen atoms in total. The molecule has 0 aliphatic carbocycles. The van der Waals surface area contributed by atoms with Crippen molar-refractivity contribution in [1.82, 2.24) is 9.88 Å². The number of carbonyl (C=O) groups excluding carboxylic acids is 1. The summed E-state index contributed by atoms with van der Waals surface area (Å²) in [7, 11) is 1.64. The number of thiazole rings is 1. The Balaban J connectivity index is 1.92. The zero-order chi connectivity index (χ0) is 17.4. The van der Waals surface area contributed by atoms with E-state index in [1.54, 1.807) is 23.3 Å². The van der Waals surface area contributed by atoms with Crippen LogP contribution in [0, 0.1) is 6.92 Å². The van der Waals surface area contributed by atoms with Crippen LogP contribution in [0.5, 0.6) is 5.75 Å². The molecule has 0 aliphatic heterocycles. The van der Waals surface area contributed by atoms with Crippen molar-refractivity contribution >= 4 is 17.2 Å². The molecule has 0 N–H and O–H groups in total. The van der Waals surface area contributed by atoms with Gasteiger partial charge in [-0.25, -0.2) is 4.98 Å². The molecule has 1 aromatic heterocycles. The maximum Gasteiger partial charge on any atom is 0.222 e. The molecule has 0 bridgehead atoms. The smallest absolute Gasteiger partial charge is 0.222 e. The highest BCUT2D eigenvalue weighted by Gasteiger charge is 2.14. The van der Waals surface area contributed by atoms with Crippen LogP contribution in [0.25, 0.3) is 0 Å². The van der Waals surface area contributed by atoms with Gasteiger partial charge in [-0.15, -0.1) is 11.3 Å². The van der Waals surface area contributed by atoms with Gasteiger partial charge in [0, 0.05) is 25.5 Å². The molecule has 0 aliphatic rings. The van der Waals surface area contributed by atoms with E-state index in [0.717, 1.165) is 16.5 Å². The summed E-state index contributed by atoms with van der Waals surface area (Å²) in [6.07, 6.45) is 0.483. The van der Waals surface area contributed by atoms with Crippen LogP contribution >= 0.6 is 11.3 Å². The molecule has 2 aromatic rings. The van der Waals surface area contributed by atoms with Crippen molar-refractivity contribution in [3.8, 4) is 5.75 Å². The third kappa shape index (κ3) is 5.62. The van der Waals surface area contributed by atoms with Gasteiger partial charge in [0.05, 0.1) is 18.8 Å². The molecule has 130 valence electrons. The highest BCUT2D eigenvalue weighted by Crippen LogP contribution is 2.17. The highest BCUT2D eigenvalue weighted by atomic mass is 32.1. The van der Waals surface area contributed by atoms with Crippen molar-refractivity contribution in [2.24, 2.45) is 0 Å². The summed E-state index contributed by atoms with van der Waals surface area (Å²) in [6.45, 7) is 5.96. The SMILES string of the molecule is CCC(=O)N(CCOC)Cc1csc(COc2cccc(C)c2)n1. The number of hydrogen-bond acceptors (Lipinski definition) is 5.